The van der Waals surface area contributed by atoms with Crippen LogP contribution in [0.15, 0.2) is 97.1 Å². The number of nitrogens with zero attached hydrogens (tertiary/aromatic N) is 1. The zero-order valence-corrected chi connectivity index (χ0v) is 21.1. The van der Waals surface area contributed by atoms with E-state index in [4.69, 9.17) is 9.47 Å². The fourth-order valence-electron chi connectivity index (χ4n) is 4.97. The van der Waals surface area contributed by atoms with E-state index in [0.29, 0.717) is 28.3 Å². The SMILES string of the molecule is COc1ccc(C2C(C(=O)Nc3ccccc3OC)c3ccccc3C(=O)N2Cc2ccc(F)cc2)cc1. The number of anilines is 1. The number of hydrogen-bond donors (Lipinski definition) is 1. The first-order valence-electron chi connectivity index (χ1n) is 12.2. The van der Waals surface area contributed by atoms with Crippen molar-refractivity contribution >= 4 is 17.5 Å². The van der Waals surface area contributed by atoms with Crippen molar-refractivity contribution in [3.8, 4) is 11.5 Å². The molecule has 38 heavy (non-hydrogen) atoms. The van der Waals surface area contributed by atoms with Crippen LogP contribution in [0.2, 0.25) is 0 Å². The Morgan fingerprint density at radius 2 is 1.55 bits per heavy atom. The molecule has 0 saturated carbocycles. The van der Waals surface area contributed by atoms with Crippen LogP contribution in [-0.2, 0) is 11.3 Å². The zero-order chi connectivity index (χ0) is 26.6. The topological polar surface area (TPSA) is 67.9 Å². The molecular weight excluding hydrogens is 483 g/mol. The second kappa shape index (κ2) is 10.8. The molecule has 2 atom stereocenters. The summed E-state index contributed by atoms with van der Waals surface area (Å²) in [6, 6.07) is 27.1. The van der Waals surface area contributed by atoms with E-state index in [2.05, 4.69) is 5.32 Å². The van der Waals surface area contributed by atoms with Gasteiger partial charge in [0.15, 0.2) is 0 Å². The van der Waals surface area contributed by atoms with Crippen LogP contribution >= 0.6 is 0 Å². The first-order chi connectivity index (χ1) is 18.5. The van der Waals surface area contributed by atoms with E-state index >= 15 is 0 Å². The van der Waals surface area contributed by atoms with Gasteiger partial charge in [-0.15, -0.1) is 0 Å². The quantitative estimate of drug-likeness (QED) is 0.333. The summed E-state index contributed by atoms with van der Waals surface area (Å²) in [5.41, 5.74) is 3.16. The number of carbonyl (C=O) groups excluding carboxylic acids is 2. The van der Waals surface area contributed by atoms with Gasteiger partial charge in [-0.2, -0.15) is 0 Å². The number of rotatable bonds is 7. The number of para-hydroxylation sites is 2. The smallest absolute Gasteiger partial charge is 0.255 e. The molecule has 0 saturated heterocycles. The number of nitrogens with one attached hydrogen (secondary N) is 1. The van der Waals surface area contributed by atoms with Crippen LogP contribution in [0.5, 0.6) is 11.5 Å². The van der Waals surface area contributed by atoms with E-state index in [0.717, 1.165) is 11.1 Å². The Morgan fingerprint density at radius 1 is 0.868 bits per heavy atom. The van der Waals surface area contributed by atoms with Gasteiger partial charge in [0.1, 0.15) is 17.3 Å². The van der Waals surface area contributed by atoms with E-state index in [-0.39, 0.29) is 24.2 Å². The van der Waals surface area contributed by atoms with Gasteiger partial charge in [-0.25, -0.2) is 4.39 Å². The van der Waals surface area contributed by atoms with Gasteiger partial charge in [-0.05, 0) is 59.2 Å². The van der Waals surface area contributed by atoms with Crippen LogP contribution in [0.1, 0.15) is 39.0 Å². The molecule has 7 heteroatoms. The summed E-state index contributed by atoms with van der Waals surface area (Å²) in [5.74, 6) is -0.375. The normalized spacial score (nSPS) is 16.5. The molecule has 1 aliphatic heterocycles. The Labute approximate surface area is 220 Å². The molecule has 2 unspecified atom stereocenters. The van der Waals surface area contributed by atoms with Crippen LogP contribution in [0.4, 0.5) is 10.1 Å². The first kappa shape index (κ1) is 25.0. The number of ether oxygens (including phenoxy) is 2. The van der Waals surface area contributed by atoms with Crippen LogP contribution in [0.3, 0.4) is 0 Å². The number of hydrogen-bond acceptors (Lipinski definition) is 4. The van der Waals surface area contributed by atoms with Crippen LogP contribution in [0.25, 0.3) is 0 Å². The van der Waals surface area contributed by atoms with Gasteiger partial charge in [0, 0.05) is 12.1 Å². The maximum Gasteiger partial charge on any atom is 0.255 e. The molecule has 0 fully saturated rings. The highest BCUT2D eigenvalue weighted by atomic mass is 19.1. The summed E-state index contributed by atoms with van der Waals surface area (Å²) in [4.78, 5) is 29.7. The number of halogens is 1. The first-order valence-corrected chi connectivity index (χ1v) is 12.2. The maximum atomic E-state index is 14.1. The highest BCUT2D eigenvalue weighted by molar-refractivity contribution is 6.04. The Hall–Kier alpha value is -4.65. The maximum absolute atomic E-state index is 14.1. The Morgan fingerprint density at radius 3 is 2.26 bits per heavy atom. The van der Waals surface area contributed by atoms with Crippen molar-refractivity contribution in [2.24, 2.45) is 0 Å². The van der Waals surface area contributed by atoms with Gasteiger partial charge in [0.2, 0.25) is 5.91 Å². The molecule has 1 aliphatic rings. The van der Waals surface area contributed by atoms with Crippen molar-refractivity contribution in [1.82, 2.24) is 4.90 Å². The van der Waals surface area contributed by atoms with Crippen molar-refractivity contribution in [1.29, 1.82) is 0 Å². The number of benzene rings is 4. The van der Waals surface area contributed by atoms with Gasteiger partial charge < -0.3 is 19.7 Å². The van der Waals surface area contributed by atoms with Crippen molar-refractivity contribution in [2.75, 3.05) is 19.5 Å². The average molecular weight is 511 g/mol. The molecule has 1 heterocycles. The molecule has 6 nitrogen and oxygen atoms in total. The van der Waals surface area contributed by atoms with E-state index < -0.39 is 12.0 Å². The minimum atomic E-state index is -0.734. The lowest BCUT2D eigenvalue weighted by Gasteiger charge is -2.42. The highest BCUT2D eigenvalue weighted by Crippen LogP contribution is 2.44. The minimum absolute atomic E-state index is 0.197. The Kier molecular flexibility index (Phi) is 7.09. The van der Waals surface area contributed by atoms with Crippen molar-refractivity contribution in [2.45, 2.75) is 18.5 Å². The average Bonchev–Trinajstić information content (AvgIpc) is 2.95. The summed E-state index contributed by atoms with van der Waals surface area (Å²) < 4.78 is 24.4. The zero-order valence-electron chi connectivity index (χ0n) is 21.1. The summed E-state index contributed by atoms with van der Waals surface area (Å²) in [6.07, 6.45) is 0. The van der Waals surface area contributed by atoms with E-state index in [1.807, 2.05) is 48.5 Å². The van der Waals surface area contributed by atoms with Gasteiger partial charge in [0.25, 0.3) is 5.91 Å². The summed E-state index contributed by atoms with van der Waals surface area (Å²) >= 11 is 0. The lowest BCUT2D eigenvalue weighted by molar-refractivity contribution is -0.119. The molecule has 0 bridgehead atoms. The molecule has 0 aromatic heterocycles. The minimum Gasteiger partial charge on any atom is -0.497 e. The predicted molar refractivity (Wildman–Crippen MR) is 143 cm³/mol. The third-order valence-corrected chi connectivity index (χ3v) is 6.81. The van der Waals surface area contributed by atoms with Crippen molar-refractivity contribution < 1.29 is 23.5 Å². The van der Waals surface area contributed by atoms with Crippen LogP contribution in [0, 0.1) is 5.82 Å². The summed E-state index contributed by atoms with van der Waals surface area (Å²) in [6.45, 7) is 0.197. The second-order valence-electron chi connectivity index (χ2n) is 9.03. The fourth-order valence-corrected chi connectivity index (χ4v) is 4.97. The molecule has 0 radical (unpaired) electrons. The third kappa shape index (κ3) is 4.83. The molecule has 2 amide bonds. The molecule has 0 spiro atoms. The largest absolute Gasteiger partial charge is 0.497 e. The number of fused-ring (bicyclic) bond motifs is 1. The molecule has 4 aromatic rings. The van der Waals surface area contributed by atoms with Gasteiger partial charge >= 0.3 is 0 Å². The molecular formula is C31H27FN2O4. The molecule has 192 valence electrons. The van der Waals surface area contributed by atoms with Crippen molar-refractivity contribution in [3.05, 3.63) is 125 Å². The van der Waals surface area contributed by atoms with E-state index in [9.17, 15) is 14.0 Å². The molecule has 0 aliphatic carbocycles. The van der Waals surface area contributed by atoms with Gasteiger partial charge in [-0.3, -0.25) is 9.59 Å². The van der Waals surface area contributed by atoms with Crippen LogP contribution in [-0.4, -0.2) is 30.9 Å². The fraction of sp³-hybridized carbons (Fsp3) is 0.161. The third-order valence-electron chi connectivity index (χ3n) is 6.81. The van der Waals surface area contributed by atoms with Crippen LogP contribution < -0.4 is 14.8 Å². The van der Waals surface area contributed by atoms with E-state index in [1.165, 1.54) is 12.1 Å². The summed E-state index contributed by atoms with van der Waals surface area (Å²) in [7, 11) is 3.13. The molecule has 5 rings (SSSR count). The number of methoxy groups -OCH3 is 2. The highest BCUT2D eigenvalue weighted by Gasteiger charge is 2.44. The standard InChI is InChI=1S/C31H27FN2O4/c1-37-23-17-13-21(14-18-23)29-28(30(35)33-26-9-5-6-10-27(26)38-2)24-7-3-4-8-25(24)31(36)34(29)19-20-11-15-22(32)16-12-20/h3-18,28-29H,19H2,1-2H3,(H,33,35). The lowest BCUT2D eigenvalue weighted by Crippen LogP contribution is -2.45. The molecule has 4 aromatic carbocycles. The monoisotopic (exact) mass is 510 g/mol. The molecule has 1 N–H and O–H groups in total. The second-order valence-corrected chi connectivity index (χ2v) is 9.03. The van der Waals surface area contributed by atoms with Crippen molar-refractivity contribution in [3.63, 3.8) is 0 Å². The van der Waals surface area contributed by atoms with Gasteiger partial charge in [0.05, 0.1) is 31.9 Å². The van der Waals surface area contributed by atoms with Gasteiger partial charge in [-0.1, -0.05) is 54.6 Å². The number of amides is 2. The van der Waals surface area contributed by atoms with E-state index in [1.54, 1.807) is 55.5 Å². The Bertz CT molecular complexity index is 1450. The summed E-state index contributed by atoms with van der Waals surface area (Å²) in [5, 5.41) is 3.02. The predicted octanol–water partition coefficient (Wildman–Crippen LogP) is 5.96. The Balaban J connectivity index is 1.64. The lowest BCUT2D eigenvalue weighted by atomic mass is 9.79. The number of carbonyl (C=O) groups is 2.